The van der Waals surface area contributed by atoms with Gasteiger partial charge in [0.2, 0.25) is 0 Å². The zero-order valence-corrected chi connectivity index (χ0v) is 16.0. The molecule has 0 fully saturated rings. The van der Waals surface area contributed by atoms with Gasteiger partial charge in [0.05, 0.1) is 14.2 Å². The molecular weight excluding hydrogens is 364 g/mol. The summed E-state index contributed by atoms with van der Waals surface area (Å²) in [6.07, 6.45) is 0. The van der Waals surface area contributed by atoms with Gasteiger partial charge in [-0.15, -0.1) is 0 Å². The van der Waals surface area contributed by atoms with E-state index in [2.05, 4.69) is 4.98 Å². The van der Waals surface area contributed by atoms with E-state index in [1.165, 1.54) is 0 Å². The molecule has 4 aromatic rings. The number of hydrogen-bond acceptors (Lipinski definition) is 4. The van der Waals surface area contributed by atoms with Crippen LogP contribution in [0, 0.1) is 11.3 Å². The number of ether oxygens (including phenoxy) is 2. The smallest absolute Gasteiger partial charge is 0.266 e. The van der Waals surface area contributed by atoms with Gasteiger partial charge >= 0.3 is 0 Å². The second-order valence-corrected chi connectivity index (χ2v) is 6.51. The number of nitrogens with zero attached hydrogens (tertiary/aromatic N) is 1. The molecule has 0 saturated carbocycles. The molecule has 0 amide bonds. The fourth-order valence-corrected chi connectivity index (χ4v) is 3.51. The number of methoxy groups -OCH3 is 2. The summed E-state index contributed by atoms with van der Waals surface area (Å²) in [6, 6.07) is 23.0. The Morgan fingerprint density at radius 2 is 1.66 bits per heavy atom. The number of H-pyrrole nitrogens is 1. The van der Waals surface area contributed by atoms with Crippen molar-refractivity contribution in [1.82, 2.24) is 4.98 Å². The first-order valence-corrected chi connectivity index (χ1v) is 9.04. The number of benzene rings is 3. The highest BCUT2D eigenvalue weighted by Crippen LogP contribution is 2.36. The van der Waals surface area contributed by atoms with Crippen LogP contribution in [0.5, 0.6) is 11.5 Å². The van der Waals surface area contributed by atoms with E-state index >= 15 is 0 Å². The molecular formula is C24H18N2O3. The van der Waals surface area contributed by atoms with Crippen LogP contribution in [-0.4, -0.2) is 19.2 Å². The summed E-state index contributed by atoms with van der Waals surface area (Å²) in [5.74, 6) is 1.16. The molecule has 0 aliphatic rings. The van der Waals surface area contributed by atoms with Crippen LogP contribution in [-0.2, 0) is 0 Å². The molecule has 0 radical (unpaired) electrons. The fraction of sp³-hybridized carbons (Fsp3) is 0.0833. The van der Waals surface area contributed by atoms with Gasteiger partial charge in [-0.1, -0.05) is 42.5 Å². The molecule has 0 aliphatic heterocycles. The van der Waals surface area contributed by atoms with Gasteiger partial charge in [0.15, 0.2) is 0 Å². The Morgan fingerprint density at radius 3 is 2.41 bits per heavy atom. The minimum Gasteiger partial charge on any atom is -0.497 e. The minimum absolute atomic E-state index is 0.0283. The molecule has 0 aliphatic carbocycles. The highest BCUT2D eigenvalue weighted by Gasteiger charge is 2.17. The highest BCUT2D eigenvalue weighted by molar-refractivity contribution is 5.96. The number of aromatic amines is 1. The molecule has 3 aromatic carbocycles. The monoisotopic (exact) mass is 382 g/mol. The molecule has 4 rings (SSSR count). The third kappa shape index (κ3) is 3.21. The van der Waals surface area contributed by atoms with Crippen molar-refractivity contribution in [2.45, 2.75) is 0 Å². The molecule has 5 nitrogen and oxygen atoms in total. The van der Waals surface area contributed by atoms with Crippen molar-refractivity contribution in [2.24, 2.45) is 0 Å². The van der Waals surface area contributed by atoms with Gasteiger partial charge in [-0.25, -0.2) is 0 Å². The molecule has 1 aromatic heterocycles. The maximum absolute atomic E-state index is 12.8. The number of nitriles is 1. The van der Waals surface area contributed by atoms with E-state index in [1.807, 2.05) is 54.6 Å². The van der Waals surface area contributed by atoms with Crippen molar-refractivity contribution >= 4 is 10.8 Å². The van der Waals surface area contributed by atoms with Crippen LogP contribution in [0.2, 0.25) is 0 Å². The van der Waals surface area contributed by atoms with E-state index in [9.17, 15) is 10.1 Å². The van der Waals surface area contributed by atoms with Crippen molar-refractivity contribution in [3.05, 3.63) is 82.6 Å². The summed E-state index contributed by atoms with van der Waals surface area (Å²) in [6.45, 7) is 0. The lowest BCUT2D eigenvalue weighted by Crippen LogP contribution is -2.13. The van der Waals surface area contributed by atoms with Gasteiger partial charge in [-0.3, -0.25) is 4.79 Å². The molecule has 0 spiro atoms. The number of nitrogens with one attached hydrogen (secondary N) is 1. The van der Waals surface area contributed by atoms with Gasteiger partial charge in [-0.2, -0.15) is 5.26 Å². The first-order chi connectivity index (χ1) is 14.2. The lowest BCUT2D eigenvalue weighted by atomic mass is 9.96. The van der Waals surface area contributed by atoms with Crippen molar-refractivity contribution in [2.75, 3.05) is 14.2 Å². The Balaban J connectivity index is 2.04. The van der Waals surface area contributed by atoms with Crippen molar-refractivity contribution in [3.63, 3.8) is 0 Å². The van der Waals surface area contributed by atoms with Crippen molar-refractivity contribution in [3.8, 4) is 40.0 Å². The number of rotatable bonds is 4. The standard InChI is InChI=1S/C24H18N2O3/c1-28-16-10-11-23(29-2)20(12-16)19-13-22(26-24(27)21(19)14-25)18-9-5-7-15-6-3-4-8-17(15)18/h3-13H,1-2H3,(H,26,27). The van der Waals surface area contributed by atoms with Gasteiger partial charge in [0, 0.05) is 22.4 Å². The zero-order valence-electron chi connectivity index (χ0n) is 16.0. The van der Waals surface area contributed by atoms with E-state index in [4.69, 9.17) is 9.47 Å². The lowest BCUT2D eigenvalue weighted by Gasteiger charge is -2.14. The molecule has 5 heteroatoms. The lowest BCUT2D eigenvalue weighted by molar-refractivity contribution is 0.404. The Labute approximate surface area is 167 Å². The van der Waals surface area contributed by atoms with Crippen LogP contribution in [0.25, 0.3) is 33.2 Å². The molecule has 142 valence electrons. The molecule has 0 bridgehead atoms. The average Bonchev–Trinajstić information content (AvgIpc) is 2.77. The van der Waals surface area contributed by atoms with Gasteiger partial charge in [0.1, 0.15) is 23.1 Å². The molecule has 1 heterocycles. The number of hydrogen-bond donors (Lipinski definition) is 1. The number of aromatic nitrogens is 1. The summed E-state index contributed by atoms with van der Waals surface area (Å²) in [5.41, 5.74) is 2.21. The molecule has 29 heavy (non-hydrogen) atoms. The van der Waals surface area contributed by atoms with E-state index in [0.717, 1.165) is 16.3 Å². The normalized spacial score (nSPS) is 10.5. The van der Waals surface area contributed by atoms with Crippen LogP contribution >= 0.6 is 0 Å². The summed E-state index contributed by atoms with van der Waals surface area (Å²) < 4.78 is 10.8. The third-order valence-electron chi connectivity index (χ3n) is 4.92. The predicted octanol–water partition coefficient (Wildman–Crippen LogP) is 4.75. The Bertz CT molecular complexity index is 1310. The molecule has 0 atom stereocenters. The zero-order chi connectivity index (χ0) is 20.4. The summed E-state index contributed by atoms with van der Waals surface area (Å²) in [7, 11) is 3.12. The van der Waals surface area contributed by atoms with Gasteiger partial charge in [-0.05, 0) is 35.0 Å². The predicted molar refractivity (Wildman–Crippen MR) is 113 cm³/mol. The SMILES string of the molecule is COc1ccc(OC)c(-c2cc(-c3cccc4ccccc34)[nH]c(=O)c2C#N)c1. The first-order valence-electron chi connectivity index (χ1n) is 9.04. The molecule has 0 unspecified atom stereocenters. The third-order valence-corrected chi connectivity index (χ3v) is 4.92. The van der Waals surface area contributed by atoms with Crippen LogP contribution < -0.4 is 15.0 Å². The average molecular weight is 382 g/mol. The van der Waals surface area contributed by atoms with E-state index in [-0.39, 0.29) is 5.56 Å². The quantitative estimate of drug-likeness (QED) is 0.553. The maximum Gasteiger partial charge on any atom is 0.266 e. The Kier molecular flexibility index (Phi) is 4.76. The van der Waals surface area contributed by atoms with Crippen LogP contribution in [0.1, 0.15) is 5.56 Å². The fourth-order valence-electron chi connectivity index (χ4n) is 3.51. The number of fused-ring (bicyclic) bond motifs is 1. The van der Waals surface area contributed by atoms with Crippen LogP contribution in [0.15, 0.2) is 71.5 Å². The van der Waals surface area contributed by atoms with E-state index in [0.29, 0.717) is 28.3 Å². The van der Waals surface area contributed by atoms with Crippen molar-refractivity contribution < 1.29 is 9.47 Å². The molecule has 1 N–H and O–H groups in total. The highest BCUT2D eigenvalue weighted by atomic mass is 16.5. The first kappa shape index (κ1) is 18.3. The summed E-state index contributed by atoms with van der Waals surface area (Å²) >= 11 is 0. The number of pyridine rings is 1. The largest absolute Gasteiger partial charge is 0.497 e. The maximum atomic E-state index is 12.8. The minimum atomic E-state index is -0.446. The van der Waals surface area contributed by atoms with Gasteiger partial charge < -0.3 is 14.5 Å². The van der Waals surface area contributed by atoms with Gasteiger partial charge in [0.25, 0.3) is 5.56 Å². The van der Waals surface area contributed by atoms with Crippen molar-refractivity contribution in [1.29, 1.82) is 5.26 Å². The Morgan fingerprint density at radius 1 is 0.862 bits per heavy atom. The Hall–Kier alpha value is -4.04. The summed E-state index contributed by atoms with van der Waals surface area (Å²) in [4.78, 5) is 15.6. The summed E-state index contributed by atoms with van der Waals surface area (Å²) in [5, 5.41) is 11.7. The van der Waals surface area contributed by atoms with Crippen LogP contribution in [0.3, 0.4) is 0 Å². The molecule has 0 saturated heterocycles. The topological polar surface area (TPSA) is 75.1 Å². The van der Waals surface area contributed by atoms with E-state index < -0.39 is 5.56 Å². The van der Waals surface area contributed by atoms with Crippen LogP contribution in [0.4, 0.5) is 0 Å². The second kappa shape index (κ2) is 7.53. The van der Waals surface area contributed by atoms with E-state index in [1.54, 1.807) is 32.4 Å². The second-order valence-electron chi connectivity index (χ2n) is 6.51.